The second kappa shape index (κ2) is 11.8. The van der Waals surface area contributed by atoms with Crippen molar-refractivity contribution in [1.82, 2.24) is 14.5 Å². The highest BCUT2D eigenvalue weighted by Gasteiger charge is 2.31. The first-order chi connectivity index (χ1) is 27.3. The Morgan fingerprint density at radius 3 is 1.87 bits per heavy atom. The molecule has 8 aromatic carbocycles. The molecule has 4 heterocycles. The molecule has 0 aliphatic carbocycles. The molecule has 1 unspecified atom stereocenters. The second-order valence-corrected chi connectivity index (χ2v) is 15.5. The minimum atomic E-state index is -0.151. The van der Waals surface area contributed by atoms with Gasteiger partial charge in [0, 0.05) is 42.9 Å². The molecule has 1 atom stereocenters. The maximum absolute atomic E-state index is 5.52. The average Bonchev–Trinajstić information content (AvgIpc) is 3.90. The maximum Gasteiger partial charge on any atom is 0.210 e. The predicted molar refractivity (Wildman–Crippen MR) is 232 cm³/mol. The third-order valence-corrected chi connectivity index (χ3v) is 12.5. The molecule has 0 amide bonds. The van der Waals surface area contributed by atoms with Gasteiger partial charge in [0.15, 0.2) is 0 Å². The normalized spacial score (nSPS) is 14.3. The molecule has 55 heavy (non-hydrogen) atoms. The molecule has 1 aliphatic heterocycles. The van der Waals surface area contributed by atoms with E-state index in [1.165, 1.54) is 75.7 Å². The van der Waals surface area contributed by atoms with Gasteiger partial charge in [-0.05, 0) is 88.1 Å². The van der Waals surface area contributed by atoms with Crippen LogP contribution in [0.3, 0.4) is 0 Å². The number of thiophene rings is 1. The van der Waals surface area contributed by atoms with Crippen molar-refractivity contribution in [2.24, 2.45) is 4.99 Å². The molecule has 11 aromatic rings. The van der Waals surface area contributed by atoms with Crippen LogP contribution >= 0.6 is 11.3 Å². The van der Waals surface area contributed by atoms with Crippen LogP contribution < -0.4 is 5.32 Å². The molecule has 258 valence electrons. The van der Waals surface area contributed by atoms with Gasteiger partial charge in [0.05, 0.1) is 28.1 Å². The summed E-state index contributed by atoms with van der Waals surface area (Å²) >= 11 is 1.78. The summed E-state index contributed by atoms with van der Waals surface area (Å²) in [7, 11) is 0. The molecule has 12 rings (SSSR count). The largest absolute Gasteiger partial charge is 0.344 e. The molecule has 1 N–H and O–H groups in total. The van der Waals surface area contributed by atoms with Crippen molar-refractivity contribution in [3.63, 3.8) is 0 Å². The van der Waals surface area contributed by atoms with Crippen LogP contribution in [0, 0.1) is 0 Å². The summed E-state index contributed by atoms with van der Waals surface area (Å²) in [5.41, 5.74) is 10.7. The molecule has 1 aliphatic rings. The summed E-state index contributed by atoms with van der Waals surface area (Å²) in [5.74, 6) is 0.834. The number of nitrogens with one attached hydrogen (secondary N) is 1. The Morgan fingerprint density at radius 2 is 1.09 bits per heavy atom. The van der Waals surface area contributed by atoms with Gasteiger partial charge in [0.25, 0.3) is 0 Å². The van der Waals surface area contributed by atoms with Crippen LogP contribution in [0.25, 0.3) is 81.3 Å². The fraction of sp³-hybridized carbons (Fsp3) is 0.0200. The predicted octanol–water partition coefficient (Wildman–Crippen LogP) is 13.2. The van der Waals surface area contributed by atoms with Crippen LogP contribution in [-0.2, 0) is 0 Å². The van der Waals surface area contributed by atoms with Crippen LogP contribution in [0.4, 0.5) is 5.00 Å². The first-order valence-corrected chi connectivity index (χ1v) is 19.6. The lowest BCUT2D eigenvalue weighted by atomic mass is 9.93. The molecular formula is C50H32N4S. The van der Waals surface area contributed by atoms with Crippen molar-refractivity contribution >= 4 is 86.8 Å². The third-order valence-electron chi connectivity index (χ3n) is 11.4. The number of nitrogens with zero attached hydrogens (tertiary/aromatic N) is 3. The van der Waals surface area contributed by atoms with Gasteiger partial charge in [-0.3, -0.25) is 4.57 Å². The van der Waals surface area contributed by atoms with E-state index >= 15 is 0 Å². The van der Waals surface area contributed by atoms with Crippen LogP contribution in [0.15, 0.2) is 187 Å². The molecule has 0 saturated carbocycles. The standard InChI is InChI=1S/C50H32N4S/c1-3-13-31(14-4-1)34-24-26-46-41(28-34)47-48(35-23-25-44-39(29-35)37-19-9-11-21-42(37)53(44)36-17-5-2-6-18-36)51-50(52-49(47)55-46)54-43-22-12-10-20-38(43)40-27-32-15-7-8-16-33(32)30-45(40)54/h1-30,48H,(H,51,52). The molecule has 4 nitrogen and oxygen atoms in total. The summed E-state index contributed by atoms with van der Waals surface area (Å²) in [5, 5.41) is 13.7. The van der Waals surface area contributed by atoms with E-state index in [2.05, 4.69) is 196 Å². The molecule has 0 bridgehead atoms. The first kappa shape index (κ1) is 30.5. The van der Waals surface area contributed by atoms with E-state index in [1.54, 1.807) is 11.3 Å². The number of benzene rings is 8. The van der Waals surface area contributed by atoms with Crippen molar-refractivity contribution in [1.29, 1.82) is 0 Å². The van der Waals surface area contributed by atoms with Crippen LogP contribution in [-0.4, -0.2) is 15.1 Å². The average molecular weight is 721 g/mol. The van der Waals surface area contributed by atoms with Gasteiger partial charge < -0.3 is 9.88 Å². The van der Waals surface area contributed by atoms with Crippen molar-refractivity contribution < 1.29 is 0 Å². The number of aliphatic imine (C=N–C) groups is 1. The zero-order valence-electron chi connectivity index (χ0n) is 29.6. The van der Waals surface area contributed by atoms with Gasteiger partial charge >= 0.3 is 0 Å². The Balaban J connectivity index is 1.12. The van der Waals surface area contributed by atoms with E-state index < -0.39 is 0 Å². The maximum atomic E-state index is 5.52. The van der Waals surface area contributed by atoms with Gasteiger partial charge in [-0.15, -0.1) is 11.3 Å². The lowest BCUT2D eigenvalue weighted by Crippen LogP contribution is -2.36. The Morgan fingerprint density at radius 1 is 0.455 bits per heavy atom. The van der Waals surface area contributed by atoms with E-state index in [9.17, 15) is 0 Å². The van der Waals surface area contributed by atoms with E-state index in [4.69, 9.17) is 4.99 Å². The van der Waals surface area contributed by atoms with Crippen molar-refractivity contribution in [2.45, 2.75) is 6.04 Å². The first-order valence-electron chi connectivity index (χ1n) is 18.7. The van der Waals surface area contributed by atoms with Gasteiger partial charge in [0.1, 0.15) is 5.00 Å². The zero-order valence-corrected chi connectivity index (χ0v) is 30.5. The summed E-state index contributed by atoms with van der Waals surface area (Å²) in [6.07, 6.45) is 0. The quantitative estimate of drug-likeness (QED) is 0.194. The lowest BCUT2D eigenvalue weighted by molar-refractivity contribution is 0.742. The molecule has 3 aromatic heterocycles. The number of aromatic nitrogens is 2. The SMILES string of the molecule is c1ccc(-c2ccc3sc4c(c3c2)C(c2ccc3c(c2)c2ccccc2n3-c2ccccc2)NC(n2c3ccccc3c3cc5ccccc5cc32)=N4)cc1. The summed E-state index contributed by atoms with van der Waals surface area (Å²) in [6.45, 7) is 0. The van der Waals surface area contributed by atoms with Crippen molar-refractivity contribution in [3.05, 3.63) is 193 Å². The summed E-state index contributed by atoms with van der Waals surface area (Å²) in [4.78, 5) is 5.52. The van der Waals surface area contributed by atoms with Gasteiger partial charge in [-0.2, -0.15) is 0 Å². The lowest BCUT2D eigenvalue weighted by Gasteiger charge is -2.27. The smallest absolute Gasteiger partial charge is 0.210 e. The van der Waals surface area contributed by atoms with Gasteiger partial charge in [-0.25, -0.2) is 4.99 Å². The molecule has 5 heteroatoms. The fourth-order valence-corrected chi connectivity index (χ4v) is 9.97. The minimum absolute atomic E-state index is 0.151. The van der Waals surface area contributed by atoms with Crippen molar-refractivity contribution in [2.75, 3.05) is 0 Å². The second-order valence-electron chi connectivity index (χ2n) is 14.4. The van der Waals surface area contributed by atoms with E-state index in [1.807, 2.05) is 0 Å². The number of rotatable bonds is 3. The zero-order chi connectivity index (χ0) is 36.0. The Hall–Kier alpha value is -6.95. The van der Waals surface area contributed by atoms with Crippen LogP contribution in [0.5, 0.6) is 0 Å². The highest BCUT2D eigenvalue weighted by molar-refractivity contribution is 7.22. The summed E-state index contributed by atoms with van der Waals surface area (Å²) in [6, 6.07) is 65.9. The highest BCUT2D eigenvalue weighted by Crippen LogP contribution is 2.48. The Kier molecular flexibility index (Phi) is 6.53. The Bertz CT molecular complexity index is 3350. The van der Waals surface area contributed by atoms with E-state index in [0.29, 0.717) is 0 Å². The monoisotopic (exact) mass is 720 g/mol. The molecule has 0 fully saturated rings. The molecule has 0 radical (unpaired) electrons. The summed E-state index contributed by atoms with van der Waals surface area (Å²) < 4.78 is 5.96. The van der Waals surface area contributed by atoms with E-state index in [-0.39, 0.29) is 6.04 Å². The molecule has 0 saturated heterocycles. The van der Waals surface area contributed by atoms with Gasteiger partial charge in [0.2, 0.25) is 5.96 Å². The number of hydrogen-bond donors (Lipinski definition) is 1. The minimum Gasteiger partial charge on any atom is -0.344 e. The number of fused-ring (bicyclic) bond motifs is 10. The van der Waals surface area contributed by atoms with E-state index in [0.717, 1.165) is 27.7 Å². The molecule has 0 spiro atoms. The van der Waals surface area contributed by atoms with Crippen LogP contribution in [0.2, 0.25) is 0 Å². The number of hydrogen-bond acceptors (Lipinski definition) is 3. The van der Waals surface area contributed by atoms with Gasteiger partial charge in [-0.1, -0.05) is 121 Å². The third kappa shape index (κ3) is 4.60. The van der Waals surface area contributed by atoms with Crippen LogP contribution in [0.1, 0.15) is 17.2 Å². The number of para-hydroxylation sites is 3. The fourth-order valence-electron chi connectivity index (χ4n) is 8.88. The van der Waals surface area contributed by atoms with Crippen molar-refractivity contribution in [3.8, 4) is 16.8 Å². The highest BCUT2D eigenvalue weighted by atomic mass is 32.1. The molecular weight excluding hydrogens is 689 g/mol. The topological polar surface area (TPSA) is 34.2 Å². The Labute approximate surface area is 320 Å².